The minimum Gasteiger partial charge on any atom is -0.456 e. The molecule has 8 nitrogen and oxygen atoms in total. The van der Waals surface area contributed by atoms with Crippen LogP contribution >= 0.6 is 0 Å². The molecule has 128 valence electrons. The maximum absolute atomic E-state index is 14.2. The first-order valence-electron chi connectivity index (χ1n) is 7.23. The molecule has 1 aliphatic rings. The maximum atomic E-state index is 14.2. The number of cyclic esters (lactones) is 1. The number of ether oxygens (including phenoxy) is 2. The number of nitrogens with zero attached hydrogens (tertiary/aromatic N) is 4. The first kappa shape index (κ1) is 17.6. The Morgan fingerprint density at radius 2 is 2.25 bits per heavy atom. The van der Waals surface area contributed by atoms with E-state index in [0.717, 1.165) is 6.07 Å². The highest BCUT2D eigenvalue weighted by Crippen LogP contribution is 2.25. The van der Waals surface area contributed by atoms with Gasteiger partial charge in [-0.1, -0.05) is 5.11 Å². The second kappa shape index (κ2) is 6.76. The van der Waals surface area contributed by atoms with Crippen molar-refractivity contribution in [2.45, 2.75) is 32.5 Å². The number of carbonyl (C=O) groups is 2. The van der Waals surface area contributed by atoms with Gasteiger partial charge in [-0.3, -0.25) is 4.90 Å². The van der Waals surface area contributed by atoms with E-state index in [4.69, 9.17) is 15.0 Å². The zero-order chi connectivity index (χ0) is 17.9. The maximum Gasteiger partial charge on any atom is 0.414 e. The zero-order valence-corrected chi connectivity index (χ0v) is 13.5. The monoisotopic (exact) mass is 336 g/mol. The highest BCUT2D eigenvalue weighted by Gasteiger charge is 2.32. The molecule has 0 aliphatic carbocycles. The smallest absolute Gasteiger partial charge is 0.414 e. The lowest BCUT2D eigenvalue weighted by molar-refractivity contribution is 0.00647. The lowest BCUT2D eigenvalue weighted by atomic mass is 10.1. The molecule has 0 bridgehead atoms. The molecule has 1 aromatic rings. The Labute approximate surface area is 137 Å². The molecule has 0 radical (unpaired) electrons. The third kappa shape index (κ3) is 4.14. The van der Waals surface area contributed by atoms with Crippen LogP contribution in [0.3, 0.4) is 0 Å². The summed E-state index contributed by atoms with van der Waals surface area (Å²) in [5.74, 6) is -1.58. The number of benzene rings is 1. The van der Waals surface area contributed by atoms with Crippen molar-refractivity contribution in [3.05, 3.63) is 40.0 Å². The van der Waals surface area contributed by atoms with Gasteiger partial charge in [-0.05, 0) is 44.5 Å². The Morgan fingerprint density at radius 1 is 1.54 bits per heavy atom. The Bertz CT molecular complexity index is 710. The number of hydrogen-bond acceptors (Lipinski definition) is 5. The summed E-state index contributed by atoms with van der Waals surface area (Å²) in [6.07, 6.45) is -1.26. The Morgan fingerprint density at radius 3 is 2.83 bits per heavy atom. The fraction of sp³-hybridized carbons (Fsp3) is 0.467. The molecule has 1 unspecified atom stereocenters. The van der Waals surface area contributed by atoms with Crippen LogP contribution in [0.2, 0.25) is 0 Å². The average molecular weight is 336 g/mol. The van der Waals surface area contributed by atoms with Crippen molar-refractivity contribution in [1.82, 2.24) is 0 Å². The topological polar surface area (TPSA) is 105 Å². The first-order chi connectivity index (χ1) is 11.2. The quantitative estimate of drug-likeness (QED) is 0.363. The summed E-state index contributed by atoms with van der Waals surface area (Å²) in [5, 5.41) is 3.35. The van der Waals surface area contributed by atoms with Gasteiger partial charge in [0.25, 0.3) is 0 Å². The van der Waals surface area contributed by atoms with E-state index < -0.39 is 29.6 Å². The van der Waals surface area contributed by atoms with Crippen molar-refractivity contribution < 1.29 is 23.5 Å². The average Bonchev–Trinajstić information content (AvgIpc) is 2.84. The van der Waals surface area contributed by atoms with E-state index >= 15 is 0 Å². The van der Waals surface area contributed by atoms with Crippen LogP contribution in [0.5, 0.6) is 0 Å². The third-order valence-electron chi connectivity index (χ3n) is 3.11. The fourth-order valence-corrected chi connectivity index (χ4v) is 2.13. The molecule has 1 heterocycles. The van der Waals surface area contributed by atoms with Crippen molar-refractivity contribution in [1.29, 1.82) is 0 Å². The molecule has 0 aromatic heterocycles. The number of anilines is 1. The van der Waals surface area contributed by atoms with Gasteiger partial charge in [-0.2, -0.15) is 0 Å². The Hall–Kier alpha value is -2.80. The molecule has 1 aromatic carbocycles. The standard InChI is InChI=1S/C15H17FN4O4/c1-15(2,3)24-13(21)11-5-4-9(6-12(11)16)20-8-10(7-18-19-17)23-14(20)22/h4-6,10H,7-8H2,1-3H3. The molecule has 1 amide bonds. The first-order valence-corrected chi connectivity index (χ1v) is 7.23. The second-order valence-corrected chi connectivity index (χ2v) is 6.20. The molecule has 0 saturated carbocycles. The largest absolute Gasteiger partial charge is 0.456 e. The molecule has 1 fully saturated rings. The van der Waals surface area contributed by atoms with Crippen LogP contribution in [0.25, 0.3) is 10.4 Å². The molecule has 0 N–H and O–H groups in total. The van der Waals surface area contributed by atoms with E-state index in [1.54, 1.807) is 20.8 Å². The van der Waals surface area contributed by atoms with Gasteiger partial charge in [-0.25, -0.2) is 14.0 Å². The van der Waals surface area contributed by atoms with E-state index in [1.165, 1.54) is 17.0 Å². The van der Waals surface area contributed by atoms with E-state index in [0.29, 0.717) is 0 Å². The van der Waals surface area contributed by atoms with Crippen LogP contribution in [-0.2, 0) is 9.47 Å². The number of esters is 1. The molecule has 9 heteroatoms. The molecule has 2 rings (SSSR count). The minimum absolute atomic E-state index is 0.00276. The predicted octanol–water partition coefficient (Wildman–Crippen LogP) is 3.42. The lowest BCUT2D eigenvalue weighted by Gasteiger charge is -2.20. The van der Waals surface area contributed by atoms with Gasteiger partial charge in [0.05, 0.1) is 24.3 Å². The second-order valence-electron chi connectivity index (χ2n) is 6.20. The van der Waals surface area contributed by atoms with Crippen LogP contribution in [0, 0.1) is 5.82 Å². The highest BCUT2D eigenvalue weighted by atomic mass is 19.1. The zero-order valence-electron chi connectivity index (χ0n) is 13.5. The highest BCUT2D eigenvalue weighted by molar-refractivity contribution is 5.93. The van der Waals surface area contributed by atoms with Crippen molar-refractivity contribution >= 4 is 17.7 Å². The summed E-state index contributed by atoms with van der Waals surface area (Å²) in [6, 6.07) is 3.75. The molecule has 1 atom stereocenters. The van der Waals surface area contributed by atoms with Gasteiger partial charge in [0.1, 0.15) is 17.5 Å². The summed E-state index contributed by atoms with van der Waals surface area (Å²) in [7, 11) is 0. The summed E-state index contributed by atoms with van der Waals surface area (Å²) in [5.41, 5.74) is 7.57. The van der Waals surface area contributed by atoms with Crippen molar-refractivity contribution in [3.8, 4) is 0 Å². The van der Waals surface area contributed by atoms with Crippen molar-refractivity contribution in [2.75, 3.05) is 18.0 Å². The van der Waals surface area contributed by atoms with E-state index in [1.807, 2.05) is 0 Å². The Balaban J connectivity index is 2.16. The number of amides is 1. The molecular weight excluding hydrogens is 319 g/mol. The van der Waals surface area contributed by atoms with Crippen LogP contribution in [0.15, 0.2) is 23.3 Å². The summed E-state index contributed by atoms with van der Waals surface area (Å²) in [6.45, 7) is 5.17. The van der Waals surface area contributed by atoms with Gasteiger partial charge in [-0.15, -0.1) is 0 Å². The normalized spacial score (nSPS) is 17.2. The van der Waals surface area contributed by atoms with Gasteiger partial charge in [0.15, 0.2) is 0 Å². The van der Waals surface area contributed by atoms with Crippen LogP contribution in [0.1, 0.15) is 31.1 Å². The number of halogens is 1. The van der Waals surface area contributed by atoms with E-state index in [9.17, 15) is 14.0 Å². The number of rotatable bonds is 4. The SMILES string of the molecule is CC(C)(C)OC(=O)c1ccc(N2CC(CN=[N+]=[N-])OC2=O)cc1F. The summed E-state index contributed by atoms with van der Waals surface area (Å²) >= 11 is 0. The third-order valence-corrected chi connectivity index (χ3v) is 3.11. The van der Waals surface area contributed by atoms with Crippen LogP contribution in [0.4, 0.5) is 14.9 Å². The fourth-order valence-electron chi connectivity index (χ4n) is 2.13. The van der Waals surface area contributed by atoms with Crippen molar-refractivity contribution in [3.63, 3.8) is 0 Å². The molecule has 0 spiro atoms. The van der Waals surface area contributed by atoms with Gasteiger partial charge in [0, 0.05) is 4.91 Å². The number of azide groups is 1. The van der Waals surface area contributed by atoms with Crippen LogP contribution < -0.4 is 4.90 Å². The predicted molar refractivity (Wildman–Crippen MR) is 83.2 cm³/mol. The van der Waals surface area contributed by atoms with Gasteiger partial charge < -0.3 is 9.47 Å². The number of carbonyl (C=O) groups excluding carboxylic acids is 2. The number of hydrogen-bond donors (Lipinski definition) is 0. The van der Waals surface area contributed by atoms with E-state index in [-0.39, 0.29) is 24.3 Å². The summed E-state index contributed by atoms with van der Waals surface area (Å²) < 4.78 is 24.4. The van der Waals surface area contributed by atoms with E-state index in [2.05, 4.69) is 10.0 Å². The molecular formula is C15H17FN4O4. The van der Waals surface area contributed by atoms with Crippen LogP contribution in [-0.4, -0.2) is 36.9 Å². The molecule has 1 aliphatic heterocycles. The molecule has 1 saturated heterocycles. The van der Waals surface area contributed by atoms with Crippen molar-refractivity contribution in [2.24, 2.45) is 5.11 Å². The minimum atomic E-state index is -0.798. The van der Waals surface area contributed by atoms with Gasteiger partial charge >= 0.3 is 12.1 Å². The summed E-state index contributed by atoms with van der Waals surface area (Å²) in [4.78, 5) is 27.6. The molecule has 24 heavy (non-hydrogen) atoms. The lowest BCUT2D eigenvalue weighted by Crippen LogP contribution is -2.26. The Kier molecular flexibility index (Phi) is 4.94. The van der Waals surface area contributed by atoms with Gasteiger partial charge in [0.2, 0.25) is 0 Å².